The predicted molar refractivity (Wildman–Crippen MR) is 114 cm³/mol. The number of guanidine groups is 1. The molecule has 30 heavy (non-hydrogen) atoms. The first-order valence-corrected chi connectivity index (χ1v) is 9.99. The maximum Gasteiger partial charge on any atom is 0.328 e. The minimum Gasteiger partial charge on any atom is -0.302 e. The maximum absolute atomic E-state index is 13.4. The number of amides is 3. The van der Waals surface area contributed by atoms with Gasteiger partial charge >= 0.3 is 6.03 Å². The van der Waals surface area contributed by atoms with Gasteiger partial charge in [0.1, 0.15) is 0 Å². The molecule has 7 heteroatoms. The van der Waals surface area contributed by atoms with Crippen molar-refractivity contribution in [3.8, 4) is 0 Å². The smallest absolute Gasteiger partial charge is 0.302 e. The fraction of sp³-hybridized carbons (Fsp3) is 0.261. The van der Waals surface area contributed by atoms with Gasteiger partial charge in [0.15, 0.2) is 12.2 Å². The van der Waals surface area contributed by atoms with Crippen LogP contribution in [-0.4, -0.2) is 51.9 Å². The van der Waals surface area contributed by atoms with Crippen LogP contribution in [0.2, 0.25) is 0 Å². The summed E-state index contributed by atoms with van der Waals surface area (Å²) >= 11 is 0. The number of benzene rings is 2. The zero-order valence-corrected chi connectivity index (χ0v) is 17.2. The van der Waals surface area contributed by atoms with Gasteiger partial charge in [0.25, 0.3) is 5.91 Å². The number of anilines is 1. The molecule has 5 rings (SSSR count). The number of aliphatic imine (C=N–C) groups is 1. The molecule has 0 bridgehead atoms. The van der Waals surface area contributed by atoms with Crippen molar-refractivity contribution in [3.05, 3.63) is 77.6 Å². The van der Waals surface area contributed by atoms with Crippen molar-refractivity contribution in [2.45, 2.75) is 32.6 Å². The Labute approximate surface area is 175 Å². The second-order valence-corrected chi connectivity index (χ2v) is 7.94. The summed E-state index contributed by atoms with van der Waals surface area (Å²) in [6.45, 7) is 4.30. The number of likely N-dealkylation sites (N-methyl/N-ethyl adjacent to an activating group) is 1. The number of imide groups is 1. The van der Waals surface area contributed by atoms with Crippen molar-refractivity contribution in [1.29, 1.82) is 0 Å². The molecule has 3 aliphatic heterocycles. The first-order chi connectivity index (χ1) is 14.5. The molecule has 2 aromatic carbocycles. The standard InChI is InChI=1S/C23H23N5O2/c1-15-9-11-18(12-10-15)28-16(2)13-26-19-20(24-22(26)28)25(3)23(30)27(21(19)29)14-17-7-5-4-6-8-17/h4-13,19-20H,14H2,1-3H3. The van der Waals surface area contributed by atoms with Crippen LogP contribution in [0, 0.1) is 6.92 Å². The second-order valence-electron chi connectivity index (χ2n) is 7.94. The van der Waals surface area contributed by atoms with Gasteiger partial charge in [0.2, 0.25) is 5.96 Å². The van der Waals surface area contributed by atoms with Crippen LogP contribution in [0.15, 0.2) is 71.5 Å². The van der Waals surface area contributed by atoms with Crippen LogP contribution in [0.25, 0.3) is 0 Å². The second kappa shape index (κ2) is 6.73. The molecule has 7 nitrogen and oxygen atoms in total. The number of fused-ring (bicyclic) bond motifs is 3. The number of hydrogen-bond acceptors (Lipinski definition) is 5. The summed E-state index contributed by atoms with van der Waals surface area (Å²) in [6, 6.07) is 16.9. The minimum absolute atomic E-state index is 0.222. The lowest BCUT2D eigenvalue weighted by molar-refractivity contribution is -0.137. The number of carbonyl (C=O) groups is 2. The predicted octanol–water partition coefficient (Wildman–Crippen LogP) is 3.14. The summed E-state index contributed by atoms with van der Waals surface area (Å²) in [7, 11) is 1.71. The lowest BCUT2D eigenvalue weighted by Crippen LogP contribution is -2.63. The van der Waals surface area contributed by atoms with E-state index in [9.17, 15) is 9.59 Å². The van der Waals surface area contributed by atoms with E-state index in [1.807, 2.05) is 72.3 Å². The Morgan fingerprint density at radius 2 is 1.67 bits per heavy atom. The zero-order valence-electron chi connectivity index (χ0n) is 17.2. The molecule has 0 aliphatic carbocycles. The van der Waals surface area contributed by atoms with Gasteiger partial charge in [0, 0.05) is 24.6 Å². The Kier molecular flexibility index (Phi) is 4.13. The van der Waals surface area contributed by atoms with Crippen LogP contribution in [0.5, 0.6) is 0 Å². The normalized spacial score (nSPS) is 22.9. The molecule has 0 spiro atoms. The van der Waals surface area contributed by atoms with Crippen LogP contribution >= 0.6 is 0 Å². The van der Waals surface area contributed by atoms with Gasteiger partial charge in [0.05, 0.1) is 6.54 Å². The lowest BCUT2D eigenvalue weighted by Gasteiger charge is -2.40. The Morgan fingerprint density at radius 1 is 0.967 bits per heavy atom. The van der Waals surface area contributed by atoms with Gasteiger partial charge in [-0.25, -0.2) is 9.79 Å². The molecule has 3 amide bonds. The molecule has 0 saturated carbocycles. The highest BCUT2D eigenvalue weighted by molar-refractivity contribution is 6.09. The highest BCUT2D eigenvalue weighted by Crippen LogP contribution is 2.36. The monoisotopic (exact) mass is 401 g/mol. The van der Waals surface area contributed by atoms with E-state index in [-0.39, 0.29) is 18.5 Å². The van der Waals surface area contributed by atoms with E-state index in [1.54, 1.807) is 11.9 Å². The highest BCUT2D eigenvalue weighted by Gasteiger charge is 2.54. The first kappa shape index (κ1) is 18.4. The van der Waals surface area contributed by atoms with Crippen molar-refractivity contribution < 1.29 is 9.59 Å². The Hall–Kier alpha value is -3.61. The molecule has 2 aromatic rings. The molecular weight excluding hydrogens is 378 g/mol. The largest absolute Gasteiger partial charge is 0.328 e. The number of carbonyl (C=O) groups excluding carboxylic acids is 2. The maximum atomic E-state index is 13.4. The molecule has 0 aromatic heterocycles. The van der Waals surface area contributed by atoms with E-state index in [0.717, 1.165) is 16.9 Å². The summed E-state index contributed by atoms with van der Waals surface area (Å²) < 4.78 is 0. The highest BCUT2D eigenvalue weighted by atomic mass is 16.2. The van der Waals surface area contributed by atoms with Crippen molar-refractivity contribution in [3.63, 3.8) is 0 Å². The van der Waals surface area contributed by atoms with E-state index < -0.39 is 12.2 Å². The first-order valence-electron chi connectivity index (χ1n) is 9.99. The van der Waals surface area contributed by atoms with E-state index in [2.05, 4.69) is 12.1 Å². The summed E-state index contributed by atoms with van der Waals surface area (Å²) in [5.41, 5.74) is 4.06. The SMILES string of the molecule is CC1=CN2C(=NC3C2C(=O)N(Cc2ccccc2)C(=O)N3C)N1c1ccc(C)cc1. The summed E-state index contributed by atoms with van der Waals surface area (Å²) in [4.78, 5) is 38.0. The molecular formula is C23H23N5O2. The van der Waals surface area contributed by atoms with Gasteiger partial charge in [-0.2, -0.15) is 0 Å². The number of allylic oxidation sites excluding steroid dienone is 1. The lowest BCUT2D eigenvalue weighted by atomic mass is 10.1. The molecule has 2 unspecified atom stereocenters. The van der Waals surface area contributed by atoms with Crippen molar-refractivity contribution in [2.75, 3.05) is 11.9 Å². The van der Waals surface area contributed by atoms with E-state index in [0.29, 0.717) is 5.96 Å². The fourth-order valence-electron chi connectivity index (χ4n) is 4.28. The van der Waals surface area contributed by atoms with Gasteiger partial charge < -0.3 is 9.80 Å². The minimum atomic E-state index is -0.559. The van der Waals surface area contributed by atoms with Crippen molar-refractivity contribution >= 4 is 23.6 Å². The van der Waals surface area contributed by atoms with Crippen molar-refractivity contribution in [1.82, 2.24) is 14.7 Å². The van der Waals surface area contributed by atoms with E-state index in [1.165, 1.54) is 10.5 Å². The number of hydrogen-bond donors (Lipinski definition) is 0. The molecule has 0 radical (unpaired) electrons. The molecule has 1 saturated heterocycles. The fourth-order valence-corrected chi connectivity index (χ4v) is 4.28. The number of rotatable bonds is 3. The average molecular weight is 401 g/mol. The van der Waals surface area contributed by atoms with Crippen molar-refractivity contribution in [2.24, 2.45) is 4.99 Å². The van der Waals surface area contributed by atoms with Crippen LogP contribution in [0.1, 0.15) is 18.1 Å². The molecule has 152 valence electrons. The topological polar surface area (TPSA) is 59.5 Å². The third-order valence-corrected chi connectivity index (χ3v) is 5.86. The Balaban J connectivity index is 1.48. The van der Waals surface area contributed by atoms with Gasteiger partial charge in [-0.15, -0.1) is 0 Å². The quantitative estimate of drug-likeness (QED) is 0.793. The third kappa shape index (κ3) is 2.69. The summed E-state index contributed by atoms with van der Waals surface area (Å²) in [6.07, 6.45) is 1.41. The molecule has 3 heterocycles. The molecule has 3 aliphatic rings. The Morgan fingerprint density at radius 3 is 2.37 bits per heavy atom. The summed E-state index contributed by atoms with van der Waals surface area (Å²) in [5, 5.41) is 0. The van der Waals surface area contributed by atoms with Gasteiger partial charge in [-0.05, 0) is 31.5 Å². The zero-order chi connectivity index (χ0) is 21.0. The summed E-state index contributed by atoms with van der Waals surface area (Å²) in [5.74, 6) is 0.460. The number of urea groups is 1. The molecule has 1 fully saturated rings. The van der Waals surface area contributed by atoms with Crippen LogP contribution in [0.3, 0.4) is 0 Å². The molecule has 2 atom stereocenters. The number of nitrogens with zero attached hydrogens (tertiary/aromatic N) is 5. The van der Waals surface area contributed by atoms with Crippen LogP contribution < -0.4 is 4.90 Å². The number of aryl methyl sites for hydroxylation is 1. The molecule has 0 N–H and O–H groups in total. The average Bonchev–Trinajstić information content (AvgIpc) is 3.26. The van der Waals surface area contributed by atoms with Gasteiger partial charge in [-0.1, -0.05) is 48.0 Å². The van der Waals surface area contributed by atoms with E-state index >= 15 is 0 Å². The third-order valence-electron chi connectivity index (χ3n) is 5.86. The van der Waals surface area contributed by atoms with Gasteiger partial charge in [-0.3, -0.25) is 14.6 Å². The van der Waals surface area contributed by atoms with E-state index in [4.69, 9.17) is 4.99 Å². The van der Waals surface area contributed by atoms with Crippen LogP contribution in [-0.2, 0) is 11.3 Å². The Bertz CT molecular complexity index is 1080. The van der Waals surface area contributed by atoms with Crippen LogP contribution in [0.4, 0.5) is 10.5 Å².